The first-order chi connectivity index (χ1) is 6.62. The van der Waals surface area contributed by atoms with E-state index in [1.165, 1.54) is 0 Å². The van der Waals surface area contributed by atoms with Crippen LogP contribution in [0.15, 0.2) is 0 Å². The summed E-state index contributed by atoms with van der Waals surface area (Å²) in [4.78, 5) is 0. The van der Waals surface area contributed by atoms with Crippen LogP contribution in [-0.2, 0) is 4.74 Å². The van der Waals surface area contributed by atoms with Crippen molar-refractivity contribution in [3.63, 3.8) is 0 Å². The van der Waals surface area contributed by atoms with E-state index >= 15 is 0 Å². The molecule has 3 heteroatoms. The van der Waals surface area contributed by atoms with Crippen molar-refractivity contribution in [3.8, 4) is 0 Å². The molecule has 0 aromatic rings. The van der Waals surface area contributed by atoms with Crippen molar-refractivity contribution in [2.45, 2.75) is 45.3 Å². The maximum absolute atomic E-state index is 5.67. The first-order valence-corrected chi connectivity index (χ1v) is 5.69. The molecule has 3 N–H and O–H groups in total. The van der Waals surface area contributed by atoms with Crippen LogP contribution >= 0.6 is 0 Å². The number of hydrogen-bond donors (Lipinski definition) is 2. The van der Waals surface area contributed by atoms with Crippen molar-refractivity contribution >= 4 is 0 Å². The van der Waals surface area contributed by atoms with Gasteiger partial charge in [0.1, 0.15) is 0 Å². The zero-order valence-electron chi connectivity index (χ0n) is 9.68. The minimum atomic E-state index is 0.155. The highest BCUT2D eigenvalue weighted by molar-refractivity contribution is 4.93. The van der Waals surface area contributed by atoms with E-state index in [9.17, 15) is 0 Å². The summed E-state index contributed by atoms with van der Waals surface area (Å²) in [5, 5.41) is 3.60. The molecule has 14 heavy (non-hydrogen) atoms. The number of rotatable bonds is 5. The predicted molar refractivity (Wildman–Crippen MR) is 59.3 cm³/mol. The van der Waals surface area contributed by atoms with Crippen molar-refractivity contribution in [2.75, 3.05) is 19.7 Å². The molecule has 0 spiro atoms. The van der Waals surface area contributed by atoms with Crippen LogP contribution in [0, 0.1) is 5.92 Å². The Kier molecular flexibility index (Phi) is 4.35. The van der Waals surface area contributed by atoms with Gasteiger partial charge in [0.25, 0.3) is 0 Å². The Morgan fingerprint density at radius 1 is 1.64 bits per heavy atom. The van der Waals surface area contributed by atoms with Crippen LogP contribution in [0.2, 0.25) is 0 Å². The molecule has 1 saturated heterocycles. The normalized spacial score (nSPS) is 34.7. The molecule has 1 aliphatic heterocycles. The summed E-state index contributed by atoms with van der Waals surface area (Å²) >= 11 is 0. The van der Waals surface area contributed by atoms with E-state index in [4.69, 9.17) is 10.5 Å². The van der Waals surface area contributed by atoms with Gasteiger partial charge in [-0.25, -0.2) is 0 Å². The molecule has 1 fully saturated rings. The lowest BCUT2D eigenvalue weighted by atomic mass is 9.93. The second-order valence-electron chi connectivity index (χ2n) is 4.57. The van der Waals surface area contributed by atoms with E-state index < -0.39 is 0 Å². The van der Waals surface area contributed by atoms with Crippen molar-refractivity contribution in [3.05, 3.63) is 0 Å². The molecule has 1 rings (SSSR count). The van der Waals surface area contributed by atoms with E-state index in [0.717, 1.165) is 32.5 Å². The molecule has 0 aromatic heterocycles. The topological polar surface area (TPSA) is 47.3 Å². The summed E-state index contributed by atoms with van der Waals surface area (Å²) in [6.45, 7) is 9.24. The molecular weight excluding hydrogens is 176 g/mol. The minimum absolute atomic E-state index is 0.155. The molecule has 1 heterocycles. The third kappa shape index (κ3) is 2.69. The standard InChI is InChI=1S/C11H24N2O/c1-4-10(7-12)8-13-11(3)5-6-14-9(11)2/h9-10,13H,4-8,12H2,1-3H3. The molecule has 84 valence electrons. The quantitative estimate of drug-likeness (QED) is 0.699. The van der Waals surface area contributed by atoms with Gasteiger partial charge < -0.3 is 15.8 Å². The third-order valence-electron chi connectivity index (χ3n) is 3.59. The highest BCUT2D eigenvalue weighted by atomic mass is 16.5. The molecule has 3 nitrogen and oxygen atoms in total. The maximum atomic E-state index is 5.67. The Balaban J connectivity index is 2.35. The fraction of sp³-hybridized carbons (Fsp3) is 1.00. The van der Waals surface area contributed by atoms with Gasteiger partial charge in [0.05, 0.1) is 6.10 Å². The van der Waals surface area contributed by atoms with Crippen molar-refractivity contribution in [1.82, 2.24) is 5.32 Å². The molecule has 0 radical (unpaired) electrons. The van der Waals surface area contributed by atoms with Gasteiger partial charge in [-0.1, -0.05) is 13.3 Å². The molecule has 1 aliphatic rings. The minimum Gasteiger partial charge on any atom is -0.377 e. The zero-order chi connectivity index (χ0) is 10.6. The van der Waals surface area contributed by atoms with Gasteiger partial charge in [-0.05, 0) is 39.3 Å². The largest absolute Gasteiger partial charge is 0.377 e. The summed E-state index contributed by atoms with van der Waals surface area (Å²) in [7, 11) is 0. The van der Waals surface area contributed by atoms with Gasteiger partial charge in [0, 0.05) is 12.1 Å². The van der Waals surface area contributed by atoms with E-state index in [2.05, 4.69) is 26.1 Å². The first-order valence-electron chi connectivity index (χ1n) is 5.69. The number of ether oxygens (including phenoxy) is 1. The number of nitrogens with two attached hydrogens (primary N) is 1. The number of nitrogens with one attached hydrogen (secondary N) is 1. The summed E-state index contributed by atoms with van der Waals surface area (Å²) in [5.74, 6) is 0.597. The molecular formula is C11H24N2O. The Morgan fingerprint density at radius 2 is 2.36 bits per heavy atom. The monoisotopic (exact) mass is 200 g/mol. The van der Waals surface area contributed by atoms with Crippen molar-refractivity contribution < 1.29 is 4.74 Å². The van der Waals surface area contributed by atoms with Gasteiger partial charge in [0.15, 0.2) is 0 Å². The van der Waals surface area contributed by atoms with E-state index in [1.54, 1.807) is 0 Å². The smallest absolute Gasteiger partial charge is 0.0726 e. The molecule has 0 aliphatic carbocycles. The summed E-state index contributed by atoms with van der Waals surface area (Å²) < 4.78 is 5.57. The molecule has 3 atom stereocenters. The SMILES string of the molecule is CCC(CN)CNC1(C)CCOC1C. The van der Waals surface area contributed by atoms with Crippen LogP contribution in [0.4, 0.5) is 0 Å². The zero-order valence-corrected chi connectivity index (χ0v) is 9.68. The van der Waals surface area contributed by atoms with Crippen molar-refractivity contribution in [2.24, 2.45) is 11.7 Å². The fourth-order valence-corrected chi connectivity index (χ4v) is 1.84. The average Bonchev–Trinajstić information content (AvgIpc) is 2.49. The molecule has 0 aromatic carbocycles. The van der Waals surface area contributed by atoms with Crippen LogP contribution in [0.25, 0.3) is 0 Å². The lowest BCUT2D eigenvalue weighted by Crippen LogP contribution is -2.50. The lowest BCUT2D eigenvalue weighted by Gasteiger charge is -2.30. The maximum Gasteiger partial charge on any atom is 0.0726 e. The summed E-state index contributed by atoms with van der Waals surface area (Å²) in [6, 6.07) is 0. The molecule has 0 amide bonds. The number of hydrogen-bond acceptors (Lipinski definition) is 3. The Hall–Kier alpha value is -0.120. The van der Waals surface area contributed by atoms with Gasteiger partial charge in [-0.3, -0.25) is 0 Å². The summed E-state index contributed by atoms with van der Waals surface area (Å²) in [6.07, 6.45) is 2.57. The Morgan fingerprint density at radius 3 is 2.79 bits per heavy atom. The second kappa shape index (κ2) is 5.10. The predicted octanol–water partition coefficient (Wildman–Crippen LogP) is 1.13. The summed E-state index contributed by atoms with van der Waals surface area (Å²) in [5.41, 5.74) is 5.83. The highest BCUT2D eigenvalue weighted by Gasteiger charge is 2.36. The van der Waals surface area contributed by atoms with Crippen LogP contribution in [0.3, 0.4) is 0 Å². The van der Waals surface area contributed by atoms with E-state index in [-0.39, 0.29) is 5.54 Å². The van der Waals surface area contributed by atoms with E-state index in [1.807, 2.05) is 0 Å². The lowest BCUT2D eigenvalue weighted by molar-refractivity contribution is 0.0872. The van der Waals surface area contributed by atoms with Gasteiger partial charge >= 0.3 is 0 Å². The highest BCUT2D eigenvalue weighted by Crippen LogP contribution is 2.25. The van der Waals surface area contributed by atoms with Crippen LogP contribution in [0.1, 0.15) is 33.6 Å². The Bertz CT molecular complexity index is 171. The molecule has 3 unspecified atom stereocenters. The Labute approximate surface area is 87.4 Å². The van der Waals surface area contributed by atoms with Gasteiger partial charge in [0.2, 0.25) is 0 Å². The first kappa shape index (κ1) is 12.0. The molecule has 0 saturated carbocycles. The van der Waals surface area contributed by atoms with Crippen LogP contribution < -0.4 is 11.1 Å². The third-order valence-corrected chi connectivity index (χ3v) is 3.59. The van der Waals surface area contributed by atoms with E-state index in [0.29, 0.717) is 12.0 Å². The van der Waals surface area contributed by atoms with Crippen molar-refractivity contribution in [1.29, 1.82) is 0 Å². The van der Waals surface area contributed by atoms with Crippen LogP contribution in [-0.4, -0.2) is 31.3 Å². The van der Waals surface area contributed by atoms with Crippen LogP contribution in [0.5, 0.6) is 0 Å². The van der Waals surface area contributed by atoms with Gasteiger partial charge in [-0.15, -0.1) is 0 Å². The fourth-order valence-electron chi connectivity index (χ4n) is 1.84. The average molecular weight is 200 g/mol. The van der Waals surface area contributed by atoms with Gasteiger partial charge in [-0.2, -0.15) is 0 Å². The second-order valence-corrected chi connectivity index (χ2v) is 4.57. The molecule has 0 bridgehead atoms.